The number of nitrogens with zero attached hydrogens (tertiary/aromatic N) is 1. The van der Waals surface area contributed by atoms with E-state index in [0.29, 0.717) is 16.3 Å². The smallest absolute Gasteiger partial charge is 0.434 e. The minimum Gasteiger partial charge on any atom is -0.497 e. The van der Waals surface area contributed by atoms with Crippen molar-refractivity contribution in [2.45, 2.75) is 6.18 Å². The maximum atomic E-state index is 12.4. The molecule has 0 amide bonds. The summed E-state index contributed by atoms with van der Waals surface area (Å²) in [6, 6.07) is 6.73. The van der Waals surface area contributed by atoms with Crippen LogP contribution in [0.15, 0.2) is 29.6 Å². The van der Waals surface area contributed by atoms with Crippen LogP contribution in [0.2, 0.25) is 0 Å². The summed E-state index contributed by atoms with van der Waals surface area (Å²) in [5.41, 5.74) is -0.209. The summed E-state index contributed by atoms with van der Waals surface area (Å²) in [7, 11) is 1.53. The molecule has 6 heteroatoms. The van der Waals surface area contributed by atoms with E-state index in [-0.39, 0.29) is 0 Å². The maximum absolute atomic E-state index is 12.4. The Labute approximate surface area is 99.7 Å². The molecule has 90 valence electrons. The van der Waals surface area contributed by atoms with Crippen molar-refractivity contribution in [3.8, 4) is 16.3 Å². The van der Waals surface area contributed by atoms with Crippen LogP contribution in [0.25, 0.3) is 10.6 Å². The fourth-order valence-electron chi connectivity index (χ4n) is 1.27. The molecular weight excluding hydrogens is 251 g/mol. The van der Waals surface area contributed by atoms with Crippen molar-refractivity contribution in [1.29, 1.82) is 0 Å². The van der Waals surface area contributed by atoms with Gasteiger partial charge in [0.2, 0.25) is 0 Å². The fraction of sp³-hybridized carbons (Fsp3) is 0.182. The third kappa shape index (κ3) is 2.58. The van der Waals surface area contributed by atoms with Crippen molar-refractivity contribution in [2.24, 2.45) is 0 Å². The van der Waals surface area contributed by atoms with E-state index in [2.05, 4.69) is 4.98 Å². The van der Waals surface area contributed by atoms with E-state index in [0.717, 1.165) is 16.7 Å². The van der Waals surface area contributed by atoms with E-state index in [1.165, 1.54) is 7.11 Å². The Bertz CT molecular complexity index is 504. The van der Waals surface area contributed by atoms with Gasteiger partial charge in [0.25, 0.3) is 0 Å². The lowest BCUT2D eigenvalue weighted by molar-refractivity contribution is -0.140. The van der Waals surface area contributed by atoms with Crippen molar-refractivity contribution in [3.05, 3.63) is 35.3 Å². The van der Waals surface area contributed by atoms with E-state index < -0.39 is 11.9 Å². The highest BCUT2D eigenvalue weighted by Gasteiger charge is 2.33. The zero-order valence-electron chi connectivity index (χ0n) is 8.78. The molecule has 0 fully saturated rings. The normalized spacial score (nSPS) is 11.5. The molecule has 0 radical (unpaired) electrons. The van der Waals surface area contributed by atoms with E-state index in [1.807, 2.05) is 0 Å². The monoisotopic (exact) mass is 259 g/mol. The third-order valence-corrected chi connectivity index (χ3v) is 3.02. The Kier molecular flexibility index (Phi) is 3.06. The van der Waals surface area contributed by atoms with E-state index >= 15 is 0 Å². The average Bonchev–Trinajstić information content (AvgIpc) is 2.78. The molecule has 0 spiro atoms. The Morgan fingerprint density at radius 2 is 1.82 bits per heavy atom. The first-order chi connectivity index (χ1) is 8.00. The zero-order valence-corrected chi connectivity index (χ0v) is 9.60. The molecule has 0 aliphatic carbocycles. The van der Waals surface area contributed by atoms with Crippen molar-refractivity contribution < 1.29 is 17.9 Å². The van der Waals surface area contributed by atoms with Crippen LogP contribution >= 0.6 is 11.3 Å². The second kappa shape index (κ2) is 4.37. The molecule has 2 rings (SSSR count). The van der Waals surface area contributed by atoms with Crippen LogP contribution in [0.5, 0.6) is 5.75 Å². The van der Waals surface area contributed by atoms with Crippen LogP contribution in [0.3, 0.4) is 0 Å². The molecular formula is C11H8F3NOS. The number of aromatic nitrogens is 1. The Balaban J connectivity index is 2.30. The molecule has 1 heterocycles. The van der Waals surface area contributed by atoms with Gasteiger partial charge in [-0.3, -0.25) is 0 Å². The number of hydrogen-bond donors (Lipinski definition) is 0. The predicted octanol–water partition coefficient (Wildman–Crippen LogP) is 3.84. The quantitative estimate of drug-likeness (QED) is 0.817. The van der Waals surface area contributed by atoms with Gasteiger partial charge >= 0.3 is 6.18 Å². The molecule has 17 heavy (non-hydrogen) atoms. The first-order valence-corrected chi connectivity index (χ1v) is 5.56. The van der Waals surface area contributed by atoms with Crippen molar-refractivity contribution in [2.75, 3.05) is 7.11 Å². The van der Waals surface area contributed by atoms with Crippen LogP contribution in [0.4, 0.5) is 13.2 Å². The van der Waals surface area contributed by atoms with E-state index in [1.54, 1.807) is 24.3 Å². The van der Waals surface area contributed by atoms with Crippen molar-refractivity contribution in [3.63, 3.8) is 0 Å². The summed E-state index contributed by atoms with van der Waals surface area (Å²) >= 11 is 0.971. The van der Waals surface area contributed by atoms with Crippen molar-refractivity contribution in [1.82, 2.24) is 4.98 Å². The lowest BCUT2D eigenvalue weighted by Crippen LogP contribution is -2.04. The lowest BCUT2D eigenvalue weighted by atomic mass is 10.2. The predicted molar refractivity (Wildman–Crippen MR) is 59.1 cm³/mol. The molecule has 1 aromatic heterocycles. The van der Waals surface area contributed by atoms with Gasteiger partial charge in [0.1, 0.15) is 10.8 Å². The molecule has 0 aliphatic rings. The molecule has 0 aliphatic heterocycles. The average molecular weight is 259 g/mol. The van der Waals surface area contributed by atoms with Crippen LogP contribution in [-0.2, 0) is 6.18 Å². The molecule has 0 saturated heterocycles. The first-order valence-electron chi connectivity index (χ1n) is 4.68. The third-order valence-electron chi connectivity index (χ3n) is 2.13. The van der Waals surface area contributed by atoms with E-state index in [4.69, 9.17) is 4.74 Å². The number of benzene rings is 1. The SMILES string of the molecule is COc1ccc(-c2nc(C(F)(F)F)cs2)cc1. The van der Waals surface area contributed by atoms with Gasteiger partial charge in [0.15, 0.2) is 5.69 Å². The summed E-state index contributed by atoms with van der Waals surface area (Å²) in [5, 5.41) is 1.36. The topological polar surface area (TPSA) is 22.1 Å². The van der Waals surface area contributed by atoms with Gasteiger partial charge in [-0.05, 0) is 24.3 Å². The number of thiazole rings is 1. The minimum atomic E-state index is -4.39. The van der Waals surface area contributed by atoms with Gasteiger partial charge in [-0.15, -0.1) is 11.3 Å². The van der Waals surface area contributed by atoms with Gasteiger partial charge in [-0.25, -0.2) is 4.98 Å². The number of rotatable bonds is 2. The Hall–Kier alpha value is -1.56. The standard InChI is InChI=1S/C11H8F3NOS/c1-16-8-4-2-7(3-5-8)10-15-9(6-17-10)11(12,13)14/h2-6H,1H3. The summed E-state index contributed by atoms with van der Waals surface area (Å²) in [5.74, 6) is 0.654. The second-order valence-electron chi connectivity index (χ2n) is 3.26. The molecule has 2 nitrogen and oxygen atoms in total. The van der Waals surface area contributed by atoms with E-state index in [9.17, 15) is 13.2 Å². The molecule has 0 unspecified atom stereocenters. The molecule has 1 aromatic carbocycles. The Morgan fingerprint density at radius 3 is 2.29 bits per heavy atom. The second-order valence-corrected chi connectivity index (χ2v) is 4.12. The van der Waals surface area contributed by atoms with Crippen LogP contribution in [0, 0.1) is 0 Å². The zero-order chi connectivity index (χ0) is 12.5. The number of ether oxygens (including phenoxy) is 1. The minimum absolute atomic E-state index is 0.347. The molecule has 0 atom stereocenters. The summed E-state index contributed by atoms with van der Waals surface area (Å²) in [6.45, 7) is 0. The molecule has 0 saturated carbocycles. The largest absolute Gasteiger partial charge is 0.497 e. The number of alkyl halides is 3. The van der Waals surface area contributed by atoms with Crippen LogP contribution < -0.4 is 4.74 Å². The van der Waals surface area contributed by atoms with Gasteiger partial charge in [0, 0.05) is 10.9 Å². The molecule has 2 aromatic rings. The highest BCUT2D eigenvalue weighted by molar-refractivity contribution is 7.13. The summed E-state index contributed by atoms with van der Waals surface area (Å²) in [6.07, 6.45) is -4.39. The summed E-state index contributed by atoms with van der Waals surface area (Å²) < 4.78 is 42.0. The lowest BCUT2D eigenvalue weighted by Gasteiger charge is -2.01. The first kappa shape index (κ1) is 11.9. The van der Waals surface area contributed by atoms with Crippen LogP contribution in [0.1, 0.15) is 5.69 Å². The highest BCUT2D eigenvalue weighted by atomic mass is 32.1. The number of methoxy groups -OCH3 is 1. The maximum Gasteiger partial charge on any atom is 0.434 e. The number of halogens is 3. The fourth-order valence-corrected chi connectivity index (χ4v) is 2.10. The highest BCUT2D eigenvalue weighted by Crippen LogP contribution is 2.33. The van der Waals surface area contributed by atoms with Gasteiger partial charge < -0.3 is 4.74 Å². The molecule has 0 bridgehead atoms. The van der Waals surface area contributed by atoms with Gasteiger partial charge in [0.05, 0.1) is 7.11 Å². The van der Waals surface area contributed by atoms with Gasteiger partial charge in [-0.2, -0.15) is 13.2 Å². The molecule has 0 N–H and O–H groups in total. The van der Waals surface area contributed by atoms with Gasteiger partial charge in [-0.1, -0.05) is 0 Å². The van der Waals surface area contributed by atoms with Crippen LogP contribution in [-0.4, -0.2) is 12.1 Å². The number of hydrogen-bond acceptors (Lipinski definition) is 3. The summed E-state index contributed by atoms with van der Waals surface area (Å²) in [4.78, 5) is 3.56. The van der Waals surface area contributed by atoms with Crippen molar-refractivity contribution >= 4 is 11.3 Å². The Morgan fingerprint density at radius 1 is 1.18 bits per heavy atom.